The van der Waals surface area contributed by atoms with E-state index in [1.54, 1.807) is 5.43 Å². The summed E-state index contributed by atoms with van der Waals surface area (Å²) in [5, 5.41) is 3.22. The van der Waals surface area contributed by atoms with E-state index in [-0.39, 0.29) is 0 Å². The number of rotatable bonds is 6. The Hall–Kier alpha value is -3.38. The van der Waals surface area contributed by atoms with Crippen molar-refractivity contribution in [2.45, 2.75) is 27.4 Å². The molecule has 3 rings (SSSR count). The molecular formula is C23H28N4O2. The van der Waals surface area contributed by atoms with Gasteiger partial charge in [-0.25, -0.2) is 10.8 Å². The minimum Gasteiger partial charge on any atom is -0.473 e. The summed E-state index contributed by atoms with van der Waals surface area (Å²) in [7, 11) is 1.93. The summed E-state index contributed by atoms with van der Waals surface area (Å²) in [6.45, 7) is 6.71. The van der Waals surface area contributed by atoms with Gasteiger partial charge in [-0.2, -0.15) is 0 Å². The maximum atomic E-state index is 8.94. The highest BCUT2D eigenvalue weighted by atomic mass is 16.5. The Bertz CT molecular complexity index is 940. The number of hydrogen-bond donors (Lipinski definition) is 3. The van der Waals surface area contributed by atoms with Crippen molar-refractivity contribution in [2.24, 2.45) is 5.84 Å². The number of benzene rings is 2. The number of aryl methyl sites for hydroxylation is 3. The van der Waals surface area contributed by atoms with Crippen LogP contribution < -0.4 is 21.3 Å². The average Bonchev–Trinajstić information content (AvgIpc) is 2.73. The lowest BCUT2D eigenvalue weighted by Gasteiger charge is -2.14. The van der Waals surface area contributed by atoms with E-state index in [9.17, 15) is 0 Å². The molecule has 0 radical (unpaired) electrons. The van der Waals surface area contributed by atoms with Crippen LogP contribution in [0.1, 0.15) is 22.4 Å². The normalized spacial score (nSPS) is 9.83. The van der Waals surface area contributed by atoms with E-state index in [1.807, 2.05) is 26.1 Å². The second-order valence-corrected chi connectivity index (χ2v) is 6.57. The van der Waals surface area contributed by atoms with Crippen LogP contribution in [0, 0.1) is 20.8 Å². The van der Waals surface area contributed by atoms with E-state index >= 15 is 0 Å². The van der Waals surface area contributed by atoms with Gasteiger partial charge < -0.3 is 10.1 Å². The molecule has 0 saturated heterocycles. The van der Waals surface area contributed by atoms with Gasteiger partial charge in [-0.1, -0.05) is 42.0 Å². The summed E-state index contributed by atoms with van der Waals surface area (Å²) in [5.74, 6) is 5.06. The molecule has 0 bridgehead atoms. The number of carbonyl (C=O) groups excluding carboxylic acids is 1. The first kappa shape index (κ1) is 21.9. The van der Waals surface area contributed by atoms with E-state index in [2.05, 4.69) is 72.5 Å². The fourth-order valence-corrected chi connectivity index (χ4v) is 2.93. The van der Waals surface area contributed by atoms with Crippen LogP contribution >= 0.6 is 0 Å². The number of amides is 1. The van der Waals surface area contributed by atoms with E-state index in [1.165, 1.54) is 16.7 Å². The van der Waals surface area contributed by atoms with E-state index < -0.39 is 0 Å². The summed E-state index contributed by atoms with van der Waals surface area (Å²) in [6, 6.07) is 18.7. The first-order chi connectivity index (χ1) is 14.0. The van der Waals surface area contributed by atoms with Crippen molar-refractivity contribution in [3.8, 4) is 17.0 Å². The molecule has 152 valence electrons. The van der Waals surface area contributed by atoms with Gasteiger partial charge >= 0.3 is 0 Å². The lowest BCUT2D eigenvalue weighted by atomic mass is 10.0. The fraction of sp³-hybridized carbons (Fsp3) is 0.217. The summed E-state index contributed by atoms with van der Waals surface area (Å²) < 4.78 is 5.96. The molecule has 2 aromatic carbocycles. The van der Waals surface area contributed by atoms with Crippen LogP contribution in [0.4, 0.5) is 5.69 Å². The highest BCUT2D eigenvalue weighted by Crippen LogP contribution is 2.26. The molecule has 1 amide bonds. The molecule has 1 heterocycles. The third-order valence-electron chi connectivity index (χ3n) is 4.53. The number of nitrogens with one attached hydrogen (secondary N) is 2. The molecule has 3 aromatic rings. The third-order valence-corrected chi connectivity index (χ3v) is 4.53. The summed E-state index contributed by atoms with van der Waals surface area (Å²) in [4.78, 5) is 13.6. The van der Waals surface area contributed by atoms with Crippen molar-refractivity contribution < 1.29 is 9.53 Å². The van der Waals surface area contributed by atoms with Crippen molar-refractivity contribution in [2.75, 3.05) is 12.4 Å². The van der Waals surface area contributed by atoms with Crippen molar-refractivity contribution in [3.63, 3.8) is 0 Å². The number of carbonyl (C=O) groups is 1. The molecule has 0 fully saturated rings. The number of nitrogens with zero attached hydrogens (tertiary/aromatic N) is 1. The highest BCUT2D eigenvalue weighted by Gasteiger charge is 2.08. The molecule has 1 aromatic heterocycles. The Morgan fingerprint density at radius 2 is 1.72 bits per heavy atom. The summed E-state index contributed by atoms with van der Waals surface area (Å²) in [5.41, 5.74) is 9.76. The SMILES string of the molecule is CNc1cccc(C)c1COc1ccc(-c2ccc(C)cc2)c(C)n1.NNC=O. The van der Waals surface area contributed by atoms with Crippen LogP contribution in [-0.2, 0) is 11.4 Å². The van der Waals surface area contributed by atoms with Gasteiger partial charge in [-0.3, -0.25) is 10.2 Å². The van der Waals surface area contributed by atoms with Gasteiger partial charge in [0.2, 0.25) is 12.3 Å². The zero-order valence-electron chi connectivity index (χ0n) is 17.3. The number of hydrogen-bond acceptors (Lipinski definition) is 5. The molecule has 29 heavy (non-hydrogen) atoms. The van der Waals surface area contributed by atoms with Crippen molar-refractivity contribution in [3.05, 3.63) is 77.0 Å². The lowest BCUT2D eigenvalue weighted by molar-refractivity contribution is -0.109. The Kier molecular flexibility index (Phi) is 8.18. The minimum absolute atomic E-state index is 0.403. The van der Waals surface area contributed by atoms with Crippen LogP contribution in [0.5, 0.6) is 5.88 Å². The third kappa shape index (κ3) is 6.05. The van der Waals surface area contributed by atoms with Crippen LogP contribution in [0.25, 0.3) is 11.1 Å². The largest absolute Gasteiger partial charge is 0.473 e. The van der Waals surface area contributed by atoms with E-state index in [0.29, 0.717) is 18.9 Å². The van der Waals surface area contributed by atoms with Gasteiger partial charge in [0.05, 0.1) is 0 Å². The maximum absolute atomic E-state index is 8.94. The van der Waals surface area contributed by atoms with Gasteiger partial charge in [0.1, 0.15) is 6.61 Å². The molecule has 0 aliphatic carbocycles. The molecule has 6 nitrogen and oxygen atoms in total. The van der Waals surface area contributed by atoms with Gasteiger partial charge in [0.25, 0.3) is 0 Å². The van der Waals surface area contributed by atoms with Gasteiger partial charge in [0, 0.05) is 35.6 Å². The van der Waals surface area contributed by atoms with Crippen LogP contribution in [0.2, 0.25) is 0 Å². The Labute approximate surface area is 172 Å². The number of pyridine rings is 1. The lowest BCUT2D eigenvalue weighted by Crippen LogP contribution is -2.18. The first-order valence-corrected chi connectivity index (χ1v) is 9.33. The molecule has 0 aliphatic rings. The molecule has 0 saturated carbocycles. The molecule has 4 N–H and O–H groups in total. The second kappa shape index (κ2) is 10.8. The van der Waals surface area contributed by atoms with Crippen molar-refractivity contribution in [1.29, 1.82) is 0 Å². The number of aromatic nitrogens is 1. The summed E-state index contributed by atoms with van der Waals surface area (Å²) in [6.07, 6.45) is 0.403. The molecule has 0 aliphatic heterocycles. The zero-order valence-corrected chi connectivity index (χ0v) is 17.3. The molecule has 0 atom stereocenters. The molecule has 6 heteroatoms. The number of anilines is 1. The second-order valence-electron chi connectivity index (χ2n) is 6.57. The van der Waals surface area contributed by atoms with E-state index in [0.717, 1.165) is 22.5 Å². The molecule has 0 spiro atoms. The van der Waals surface area contributed by atoms with E-state index in [4.69, 9.17) is 9.53 Å². The van der Waals surface area contributed by atoms with Crippen molar-refractivity contribution >= 4 is 12.1 Å². The quantitative estimate of drug-likeness (QED) is 0.256. The first-order valence-electron chi connectivity index (χ1n) is 9.33. The monoisotopic (exact) mass is 392 g/mol. The van der Waals surface area contributed by atoms with Crippen LogP contribution in [0.15, 0.2) is 54.6 Å². The maximum Gasteiger partial charge on any atom is 0.221 e. The smallest absolute Gasteiger partial charge is 0.221 e. The number of nitrogens with two attached hydrogens (primary N) is 1. The Morgan fingerprint density at radius 3 is 2.31 bits per heavy atom. The molecular weight excluding hydrogens is 364 g/mol. The fourth-order valence-electron chi connectivity index (χ4n) is 2.93. The minimum atomic E-state index is 0.403. The van der Waals surface area contributed by atoms with Crippen LogP contribution in [-0.4, -0.2) is 18.4 Å². The standard InChI is InChI=1S/C22H24N2O.CH4N2O/c1-15-8-10-18(11-9-15)19-12-13-22(24-17(19)3)25-14-20-16(2)6-5-7-21(20)23-4;2-3-1-4/h5-13,23H,14H2,1-4H3;1H,2H2,(H,3,4). The number of hydrazine groups is 1. The Morgan fingerprint density at radius 1 is 1.03 bits per heavy atom. The van der Waals surface area contributed by atoms with Gasteiger partial charge in [-0.05, 0) is 44.0 Å². The topological polar surface area (TPSA) is 89.3 Å². The van der Waals surface area contributed by atoms with Crippen LogP contribution in [0.3, 0.4) is 0 Å². The molecule has 0 unspecified atom stereocenters. The number of ether oxygens (including phenoxy) is 1. The highest BCUT2D eigenvalue weighted by molar-refractivity contribution is 5.66. The Balaban J connectivity index is 0.000000687. The predicted molar refractivity (Wildman–Crippen MR) is 118 cm³/mol. The van der Waals surface area contributed by atoms with Gasteiger partial charge in [-0.15, -0.1) is 0 Å². The van der Waals surface area contributed by atoms with Crippen molar-refractivity contribution in [1.82, 2.24) is 10.4 Å². The summed E-state index contributed by atoms with van der Waals surface area (Å²) >= 11 is 0. The van der Waals surface area contributed by atoms with Gasteiger partial charge in [0.15, 0.2) is 0 Å². The average molecular weight is 393 g/mol. The zero-order chi connectivity index (χ0) is 21.2. The predicted octanol–water partition coefficient (Wildman–Crippen LogP) is 3.90.